The molecule has 0 aromatic carbocycles. The van der Waals surface area contributed by atoms with Crippen molar-refractivity contribution in [1.29, 1.82) is 0 Å². The summed E-state index contributed by atoms with van der Waals surface area (Å²) in [5.74, 6) is 0.533. The lowest BCUT2D eigenvalue weighted by molar-refractivity contribution is -0.118. The van der Waals surface area contributed by atoms with E-state index in [0.29, 0.717) is 23.6 Å². The van der Waals surface area contributed by atoms with Gasteiger partial charge in [-0.2, -0.15) is 0 Å². The number of anilines is 1. The zero-order valence-corrected chi connectivity index (χ0v) is 23.8. The maximum absolute atomic E-state index is 12.9. The van der Waals surface area contributed by atoms with Crippen molar-refractivity contribution < 1.29 is 9.53 Å². The highest BCUT2D eigenvalue weighted by molar-refractivity contribution is 5.93. The molecule has 6 nitrogen and oxygen atoms in total. The molecule has 1 unspecified atom stereocenters. The quantitative estimate of drug-likeness (QED) is 0.0799. The Morgan fingerprint density at radius 3 is 2.66 bits per heavy atom. The summed E-state index contributed by atoms with van der Waals surface area (Å²) in [6.07, 6.45) is 18.4. The third-order valence-corrected chi connectivity index (χ3v) is 6.64. The van der Waals surface area contributed by atoms with Crippen LogP contribution in [0.2, 0.25) is 0 Å². The first-order chi connectivity index (χ1) is 18.3. The van der Waals surface area contributed by atoms with E-state index in [1.54, 1.807) is 25.3 Å². The molecule has 2 rings (SSSR count). The number of ether oxygens (including phenoxy) is 1. The monoisotopic (exact) mass is 518 g/mol. The Bertz CT molecular complexity index is 1070. The molecule has 1 aliphatic heterocycles. The van der Waals surface area contributed by atoms with E-state index in [4.69, 9.17) is 4.74 Å². The normalized spacial score (nSPS) is 14.1. The highest BCUT2D eigenvalue weighted by Crippen LogP contribution is 2.30. The fraction of sp³-hybridized carbons (Fsp3) is 0.438. The number of pyridine rings is 1. The van der Waals surface area contributed by atoms with E-state index in [2.05, 4.69) is 60.2 Å². The Morgan fingerprint density at radius 1 is 1.18 bits per heavy atom. The molecule has 0 fully saturated rings. The molecule has 6 heteroatoms. The van der Waals surface area contributed by atoms with Crippen LogP contribution in [0.5, 0.6) is 0 Å². The maximum atomic E-state index is 12.9. The van der Waals surface area contributed by atoms with E-state index < -0.39 is 0 Å². The van der Waals surface area contributed by atoms with Gasteiger partial charge in [-0.15, -0.1) is 0 Å². The Balaban J connectivity index is 1.88. The average Bonchev–Trinajstić information content (AvgIpc) is 2.92. The van der Waals surface area contributed by atoms with Gasteiger partial charge in [0, 0.05) is 37.1 Å². The molecule has 1 amide bonds. The molecule has 1 aliphatic rings. The lowest BCUT2D eigenvalue weighted by atomic mass is 10.0. The van der Waals surface area contributed by atoms with Gasteiger partial charge < -0.3 is 20.3 Å². The van der Waals surface area contributed by atoms with Crippen molar-refractivity contribution in [3.05, 3.63) is 90.3 Å². The number of nitrogens with one attached hydrogen (secondary N) is 2. The fourth-order valence-corrected chi connectivity index (χ4v) is 4.29. The maximum Gasteiger partial charge on any atom is 0.247 e. The second kappa shape index (κ2) is 16.3. The molecular weight excluding hydrogens is 472 g/mol. The van der Waals surface area contributed by atoms with Crippen molar-refractivity contribution in [3.8, 4) is 0 Å². The highest BCUT2D eigenvalue weighted by atomic mass is 16.5. The van der Waals surface area contributed by atoms with Crippen LogP contribution in [0.25, 0.3) is 6.08 Å². The SMILES string of the molecule is C=CCO/C(=C/C=C(\C)C(=O)NC(CCC)CCCCCN1C(=C)C=Cc2ncc(CC)cc21)C(=C)NC. The molecule has 0 spiro atoms. The van der Waals surface area contributed by atoms with Gasteiger partial charge in [-0.05, 0) is 62.5 Å². The molecule has 0 bridgehead atoms. The van der Waals surface area contributed by atoms with E-state index in [1.165, 1.54) is 5.56 Å². The molecule has 0 radical (unpaired) electrons. The van der Waals surface area contributed by atoms with Crippen molar-refractivity contribution in [2.75, 3.05) is 25.1 Å². The number of likely N-dealkylation sites (N-methyl/N-ethyl adjacent to an activating group) is 1. The van der Waals surface area contributed by atoms with Gasteiger partial charge in [0.2, 0.25) is 5.91 Å². The van der Waals surface area contributed by atoms with Crippen LogP contribution in [0.4, 0.5) is 5.69 Å². The smallest absolute Gasteiger partial charge is 0.247 e. The fourth-order valence-electron chi connectivity index (χ4n) is 4.29. The van der Waals surface area contributed by atoms with Gasteiger partial charge in [0.15, 0.2) is 0 Å². The van der Waals surface area contributed by atoms with Crippen molar-refractivity contribution in [3.63, 3.8) is 0 Å². The van der Waals surface area contributed by atoms with Crippen LogP contribution in [0.1, 0.15) is 70.6 Å². The topological polar surface area (TPSA) is 66.5 Å². The summed E-state index contributed by atoms with van der Waals surface area (Å²) >= 11 is 0. The Labute approximate surface area is 229 Å². The Morgan fingerprint density at radius 2 is 1.97 bits per heavy atom. The number of hydrogen-bond acceptors (Lipinski definition) is 5. The summed E-state index contributed by atoms with van der Waals surface area (Å²) in [7, 11) is 1.78. The average molecular weight is 519 g/mol. The number of amides is 1. The number of hydrogen-bond donors (Lipinski definition) is 2. The number of unbranched alkanes of at least 4 members (excludes halogenated alkanes) is 2. The zero-order valence-electron chi connectivity index (χ0n) is 23.8. The summed E-state index contributed by atoms with van der Waals surface area (Å²) in [5.41, 5.74) is 5.69. The molecular formula is C32H46N4O2. The van der Waals surface area contributed by atoms with E-state index in [9.17, 15) is 4.79 Å². The predicted molar refractivity (Wildman–Crippen MR) is 161 cm³/mol. The molecule has 0 aliphatic carbocycles. The Kier molecular flexibility index (Phi) is 13.2. The first-order valence-corrected chi connectivity index (χ1v) is 13.8. The lowest BCUT2D eigenvalue weighted by Gasteiger charge is -2.29. The van der Waals surface area contributed by atoms with Crippen LogP contribution >= 0.6 is 0 Å². The standard InChI is InChI=1S/C32H46N4O2/c1-8-14-28(35-32(37)24(4)16-19-31(26(6)33-7)38-21-9-2)15-12-11-13-20-36-25(5)17-18-29-30(36)22-27(10-3)23-34-29/h9,16-19,22-23,28,33H,2,5-6,8,10-15,20-21H2,1,3-4,7H3,(H,35,37)/b24-16+,31-19+. The molecule has 1 aromatic rings. The van der Waals surface area contributed by atoms with E-state index in [-0.39, 0.29) is 11.9 Å². The second-order valence-corrected chi connectivity index (χ2v) is 9.60. The summed E-state index contributed by atoms with van der Waals surface area (Å²) in [4.78, 5) is 19.8. The van der Waals surface area contributed by atoms with Crippen molar-refractivity contribution in [2.45, 2.75) is 71.8 Å². The first-order valence-electron chi connectivity index (χ1n) is 13.8. The number of carbonyl (C=O) groups is 1. The molecule has 2 N–H and O–H groups in total. The van der Waals surface area contributed by atoms with E-state index >= 15 is 0 Å². The number of aryl methyl sites for hydroxylation is 1. The number of carbonyl (C=O) groups excluding carboxylic acids is 1. The van der Waals surface area contributed by atoms with E-state index in [1.807, 2.05) is 25.3 Å². The lowest BCUT2D eigenvalue weighted by Crippen LogP contribution is -2.35. The largest absolute Gasteiger partial charge is 0.487 e. The number of fused-ring (bicyclic) bond motifs is 1. The number of nitrogens with zero attached hydrogens (tertiary/aromatic N) is 2. The summed E-state index contributed by atoms with van der Waals surface area (Å²) < 4.78 is 5.64. The van der Waals surface area contributed by atoms with Crippen molar-refractivity contribution in [2.24, 2.45) is 0 Å². The highest BCUT2D eigenvalue weighted by Gasteiger charge is 2.18. The van der Waals surface area contributed by atoms with Gasteiger partial charge in [-0.1, -0.05) is 65.0 Å². The van der Waals surface area contributed by atoms with Crippen LogP contribution in [-0.2, 0) is 16.0 Å². The van der Waals surface area contributed by atoms with Gasteiger partial charge in [-0.3, -0.25) is 9.78 Å². The number of allylic oxidation sites excluding steroid dienone is 3. The molecule has 2 heterocycles. The first kappa shape index (κ1) is 30.7. The third-order valence-electron chi connectivity index (χ3n) is 6.64. The van der Waals surface area contributed by atoms with Crippen molar-refractivity contribution in [1.82, 2.24) is 15.6 Å². The molecule has 0 saturated carbocycles. The minimum absolute atomic E-state index is 0.0509. The second-order valence-electron chi connectivity index (χ2n) is 9.60. The zero-order chi connectivity index (χ0) is 27.9. The summed E-state index contributed by atoms with van der Waals surface area (Å²) in [6, 6.07) is 2.39. The molecule has 1 aromatic heterocycles. The van der Waals surface area contributed by atoms with Crippen molar-refractivity contribution >= 4 is 17.7 Å². The van der Waals surface area contributed by atoms with E-state index in [0.717, 1.165) is 68.6 Å². The summed E-state index contributed by atoms with van der Waals surface area (Å²) in [6.45, 7) is 19.3. The minimum Gasteiger partial charge on any atom is -0.487 e. The van der Waals surface area contributed by atoms with Gasteiger partial charge in [0.1, 0.15) is 12.4 Å². The molecule has 1 atom stereocenters. The number of rotatable bonds is 17. The van der Waals surface area contributed by atoms with Gasteiger partial charge in [0.25, 0.3) is 0 Å². The van der Waals surface area contributed by atoms with Crippen LogP contribution in [0.15, 0.2) is 79.0 Å². The predicted octanol–water partition coefficient (Wildman–Crippen LogP) is 6.60. The Hall–Kier alpha value is -3.54. The van der Waals surface area contributed by atoms with Crippen LogP contribution in [0.3, 0.4) is 0 Å². The van der Waals surface area contributed by atoms with Gasteiger partial charge in [0.05, 0.1) is 17.1 Å². The molecule has 0 saturated heterocycles. The van der Waals surface area contributed by atoms with Gasteiger partial charge >= 0.3 is 0 Å². The van der Waals surface area contributed by atoms with Crippen LogP contribution < -0.4 is 15.5 Å². The minimum atomic E-state index is -0.0509. The van der Waals surface area contributed by atoms with Crippen LogP contribution in [-0.4, -0.2) is 37.1 Å². The summed E-state index contributed by atoms with van der Waals surface area (Å²) in [5, 5.41) is 6.20. The molecule has 206 valence electrons. The van der Waals surface area contributed by atoms with Gasteiger partial charge in [-0.25, -0.2) is 0 Å². The molecule has 38 heavy (non-hydrogen) atoms. The number of aromatic nitrogens is 1. The van der Waals surface area contributed by atoms with Crippen LogP contribution in [0, 0.1) is 0 Å². The third kappa shape index (κ3) is 9.40.